The number of para-hydroxylation sites is 1. The van der Waals surface area contributed by atoms with E-state index in [0.717, 1.165) is 17.1 Å². The number of aromatic nitrogens is 2. The molecule has 0 amide bonds. The number of benzene rings is 7. The predicted octanol–water partition coefficient (Wildman–Crippen LogP) is 14.6. The molecule has 3 aliphatic rings. The Hall–Kier alpha value is -6.71. The van der Waals surface area contributed by atoms with Gasteiger partial charge in [0, 0.05) is 62.0 Å². The molecule has 0 unspecified atom stereocenters. The molecule has 284 valence electrons. The van der Waals surface area contributed by atoms with Crippen molar-refractivity contribution in [2.75, 3.05) is 4.90 Å². The van der Waals surface area contributed by atoms with Crippen molar-refractivity contribution in [1.29, 1.82) is 0 Å². The van der Waals surface area contributed by atoms with Crippen molar-refractivity contribution in [3.63, 3.8) is 0 Å². The molecule has 0 bridgehead atoms. The Balaban J connectivity index is 0.997. The number of rotatable bonds is 4. The smallest absolute Gasteiger partial charge is 0.0612 e. The van der Waals surface area contributed by atoms with Crippen LogP contribution in [0.4, 0.5) is 17.1 Å². The Labute approximate surface area is 346 Å². The highest BCUT2D eigenvalue weighted by atomic mass is 15.1. The minimum atomic E-state index is -0.144. The van der Waals surface area contributed by atoms with Gasteiger partial charge < -0.3 is 9.47 Å². The van der Waals surface area contributed by atoms with Crippen LogP contribution in [0.1, 0.15) is 74.9 Å². The maximum atomic E-state index is 4.81. The molecule has 0 spiro atoms. The molecule has 12 rings (SSSR count). The monoisotopic (exact) mass is 759 g/mol. The second-order valence-corrected chi connectivity index (χ2v) is 18.5. The van der Waals surface area contributed by atoms with Gasteiger partial charge in [0.15, 0.2) is 0 Å². The van der Waals surface area contributed by atoms with Crippen LogP contribution >= 0.6 is 0 Å². The van der Waals surface area contributed by atoms with Gasteiger partial charge in [-0.2, -0.15) is 0 Å². The second-order valence-electron chi connectivity index (χ2n) is 18.5. The van der Waals surface area contributed by atoms with E-state index in [-0.39, 0.29) is 16.2 Å². The maximum Gasteiger partial charge on any atom is 0.0612 e. The number of pyridine rings is 1. The molecule has 0 radical (unpaired) electrons. The quantitative estimate of drug-likeness (QED) is 0.178. The first-order chi connectivity index (χ1) is 28.5. The van der Waals surface area contributed by atoms with Crippen LogP contribution in [0.15, 0.2) is 164 Å². The summed E-state index contributed by atoms with van der Waals surface area (Å²) in [6.45, 7) is 14.1. The molecule has 3 nitrogen and oxygen atoms in total. The summed E-state index contributed by atoms with van der Waals surface area (Å²) in [5.74, 6) is 0. The summed E-state index contributed by atoms with van der Waals surface area (Å²) < 4.78 is 2.46. The van der Waals surface area contributed by atoms with Crippen molar-refractivity contribution in [2.45, 2.75) is 57.8 Å². The van der Waals surface area contributed by atoms with Gasteiger partial charge in [-0.1, -0.05) is 139 Å². The molecule has 9 aromatic rings. The van der Waals surface area contributed by atoms with Gasteiger partial charge in [0.05, 0.1) is 16.7 Å². The Kier molecular flexibility index (Phi) is 6.81. The van der Waals surface area contributed by atoms with E-state index >= 15 is 0 Å². The van der Waals surface area contributed by atoms with E-state index < -0.39 is 0 Å². The van der Waals surface area contributed by atoms with Crippen LogP contribution in [0.3, 0.4) is 0 Å². The Morgan fingerprint density at radius 1 is 0.407 bits per heavy atom. The van der Waals surface area contributed by atoms with Crippen molar-refractivity contribution in [3.05, 3.63) is 197 Å². The average Bonchev–Trinajstić information content (AvgIpc) is 3.80. The van der Waals surface area contributed by atoms with E-state index in [1.807, 2.05) is 0 Å². The lowest BCUT2D eigenvalue weighted by Gasteiger charge is -2.34. The molecule has 2 aliphatic carbocycles. The molecule has 0 saturated heterocycles. The highest BCUT2D eigenvalue weighted by molar-refractivity contribution is 6.12. The van der Waals surface area contributed by atoms with Crippen molar-refractivity contribution in [1.82, 2.24) is 9.55 Å². The van der Waals surface area contributed by atoms with Crippen LogP contribution in [0.2, 0.25) is 0 Å². The lowest BCUT2D eigenvalue weighted by molar-refractivity contribution is 0.627. The largest absolute Gasteiger partial charge is 0.310 e. The van der Waals surface area contributed by atoms with E-state index in [0.29, 0.717) is 0 Å². The highest BCUT2D eigenvalue weighted by Crippen LogP contribution is 2.53. The average molecular weight is 760 g/mol. The lowest BCUT2D eigenvalue weighted by Crippen LogP contribution is -2.26. The van der Waals surface area contributed by atoms with Gasteiger partial charge in [-0.05, 0) is 116 Å². The van der Waals surface area contributed by atoms with Crippen LogP contribution in [-0.4, -0.2) is 9.55 Å². The van der Waals surface area contributed by atoms with E-state index in [2.05, 4.69) is 215 Å². The molecule has 7 aromatic carbocycles. The van der Waals surface area contributed by atoms with E-state index in [4.69, 9.17) is 4.98 Å². The molecular formula is C56H45N3. The summed E-state index contributed by atoms with van der Waals surface area (Å²) in [5.41, 5.74) is 22.7. The SMILES string of the molecule is CC1(C)c2ccccc2-c2ccc(N(c3ccc(-c4ccc5c(c4)c4cncc6c4n5-c4ccccc4C6(C)C)cc3)c3ccc4c(c3)C(C)(C)c3ccccc3-4)cc21. The molecular weight excluding hydrogens is 715 g/mol. The molecule has 0 N–H and O–H groups in total. The zero-order valence-corrected chi connectivity index (χ0v) is 34.4. The maximum absolute atomic E-state index is 4.81. The summed E-state index contributed by atoms with van der Waals surface area (Å²) in [6.07, 6.45) is 4.12. The van der Waals surface area contributed by atoms with Crippen molar-refractivity contribution in [2.24, 2.45) is 0 Å². The predicted molar refractivity (Wildman–Crippen MR) is 246 cm³/mol. The molecule has 2 aromatic heterocycles. The Morgan fingerprint density at radius 2 is 0.915 bits per heavy atom. The Morgan fingerprint density at radius 3 is 1.54 bits per heavy atom. The van der Waals surface area contributed by atoms with Gasteiger partial charge in [0.2, 0.25) is 0 Å². The van der Waals surface area contributed by atoms with Crippen LogP contribution in [0.25, 0.3) is 60.9 Å². The second kappa shape index (κ2) is 11.7. The van der Waals surface area contributed by atoms with E-state index in [1.165, 1.54) is 94.3 Å². The van der Waals surface area contributed by atoms with E-state index in [9.17, 15) is 0 Å². The van der Waals surface area contributed by atoms with Gasteiger partial charge in [0.1, 0.15) is 0 Å². The first-order valence-corrected chi connectivity index (χ1v) is 21.0. The molecule has 0 atom stereocenters. The van der Waals surface area contributed by atoms with Crippen LogP contribution in [-0.2, 0) is 16.2 Å². The fourth-order valence-corrected chi connectivity index (χ4v) is 11.1. The number of anilines is 3. The minimum Gasteiger partial charge on any atom is -0.310 e. The Bertz CT molecular complexity index is 3140. The lowest BCUT2D eigenvalue weighted by atomic mass is 9.75. The van der Waals surface area contributed by atoms with Gasteiger partial charge >= 0.3 is 0 Å². The van der Waals surface area contributed by atoms with Crippen molar-refractivity contribution in [3.8, 4) is 39.1 Å². The zero-order chi connectivity index (χ0) is 40.0. The number of fused-ring (bicyclic) bond motifs is 11. The van der Waals surface area contributed by atoms with Gasteiger partial charge in [-0.15, -0.1) is 0 Å². The van der Waals surface area contributed by atoms with Crippen LogP contribution in [0.5, 0.6) is 0 Å². The van der Waals surface area contributed by atoms with Crippen LogP contribution < -0.4 is 4.90 Å². The molecule has 3 heterocycles. The summed E-state index contributed by atoms with van der Waals surface area (Å²) in [5, 5.41) is 2.43. The fraction of sp³-hybridized carbons (Fsp3) is 0.161. The third-order valence-corrected chi connectivity index (χ3v) is 14.3. The van der Waals surface area contributed by atoms with Gasteiger partial charge in [-0.25, -0.2) is 0 Å². The molecule has 0 fully saturated rings. The zero-order valence-electron chi connectivity index (χ0n) is 34.4. The summed E-state index contributed by atoms with van der Waals surface area (Å²) in [6, 6.07) is 57.0. The first kappa shape index (κ1) is 34.3. The fourth-order valence-electron chi connectivity index (χ4n) is 11.1. The highest BCUT2D eigenvalue weighted by Gasteiger charge is 2.38. The normalized spacial score (nSPS) is 15.7. The number of hydrogen-bond acceptors (Lipinski definition) is 2. The molecule has 3 heteroatoms. The summed E-state index contributed by atoms with van der Waals surface area (Å²) in [4.78, 5) is 7.27. The van der Waals surface area contributed by atoms with E-state index in [1.54, 1.807) is 0 Å². The summed E-state index contributed by atoms with van der Waals surface area (Å²) >= 11 is 0. The van der Waals surface area contributed by atoms with Gasteiger partial charge in [-0.3, -0.25) is 4.98 Å². The van der Waals surface area contributed by atoms with Crippen LogP contribution in [0, 0.1) is 0 Å². The summed E-state index contributed by atoms with van der Waals surface area (Å²) in [7, 11) is 0. The third kappa shape index (κ3) is 4.56. The standard InChI is InChI=1S/C56H45N3/c1-54(2)45-15-9-7-13-39(45)41-26-24-37(30-48(41)54)58(38-25-27-42-40-14-8-10-16-46(40)55(3,4)49(42)31-38)36-22-19-34(20-23-36)35-21-28-51-43(29-35)44-32-57-33-50-53(44)59(51)52-18-12-11-17-47(52)56(50,5)6/h7-33H,1-6H3. The molecule has 59 heavy (non-hydrogen) atoms. The third-order valence-electron chi connectivity index (χ3n) is 14.3. The topological polar surface area (TPSA) is 21.1 Å². The first-order valence-electron chi connectivity index (χ1n) is 21.0. The molecule has 1 aliphatic heterocycles. The minimum absolute atomic E-state index is 0.103. The number of nitrogens with zero attached hydrogens (tertiary/aromatic N) is 3. The van der Waals surface area contributed by atoms with Crippen molar-refractivity contribution >= 4 is 38.9 Å². The number of hydrogen-bond donors (Lipinski definition) is 0. The van der Waals surface area contributed by atoms with Crippen molar-refractivity contribution < 1.29 is 0 Å². The molecule has 0 saturated carbocycles. The van der Waals surface area contributed by atoms with Gasteiger partial charge in [0.25, 0.3) is 0 Å².